The van der Waals surface area contributed by atoms with E-state index in [0.717, 1.165) is 5.92 Å². The Kier molecular flexibility index (Phi) is 6.79. The largest absolute Gasteiger partial charge is 0.303 e. The maximum absolute atomic E-state index is 6.50. The lowest BCUT2D eigenvalue weighted by Crippen LogP contribution is -2.19. The molecule has 1 fully saturated rings. The second kappa shape index (κ2) is 7.12. The van der Waals surface area contributed by atoms with Crippen molar-refractivity contribution in [1.29, 1.82) is 5.26 Å². The van der Waals surface area contributed by atoms with Gasteiger partial charge in [-0.15, -0.1) is 0 Å². The lowest BCUT2D eigenvalue weighted by molar-refractivity contribution is 0.337. The number of likely N-dealkylation sites (tertiary alicyclic amines) is 1. The van der Waals surface area contributed by atoms with Crippen LogP contribution in [0, 0.1) is 17.8 Å². The fraction of sp³-hybridized carbons (Fsp3) is 0.900. The van der Waals surface area contributed by atoms with Crippen molar-refractivity contribution in [3.63, 3.8) is 0 Å². The molecule has 0 N–H and O–H groups in total. The molecule has 0 aromatic heterocycles. The Labute approximate surface area is 76.2 Å². The summed E-state index contributed by atoms with van der Waals surface area (Å²) in [4.78, 5) is 2.56. The van der Waals surface area contributed by atoms with Gasteiger partial charge in [-0.25, -0.2) is 5.26 Å². The molecule has 1 rings (SSSR count). The van der Waals surface area contributed by atoms with Crippen LogP contribution in [0.5, 0.6) is 0 Å². The minimum atomic E-state index is 1.02. The van der Waals surface area contributed by atoms with Crippen molar-refractivity contribution >= 4 is 0 Å². The summed E-state index contributed by atoms with van der Waals surface area (Å²) in [5.74, 6) is 1.02. The van der Waals surface area contributed by atoms with Gasteiger partial charge in [0.25, 0.3) is 0 Å². The van der Waals surface area contributed by atoms with Crippen molar-refractivity contribution in [1.82, 2.24) is 4.90 Å². The zero-order valence-corrected chi connectivity index (χ0v) is 8.29. The molecule has 12 heavy (non-hydrogen) atoms. The van der Waals surface area contributed by atoms with Crippen molar-refractivity contribution in [2.45, 2.75) is 33.1 Å². The Balaban J connectivity index is 0.000000561. The fourth-order valence-corrected chi connectivity index (χ4v) is 1.84. The van der Waals surface area contributed by atoms with Crippen molar-refractivity contribution in [3.05, 3.63) is 0 Å². The summed E-state index contributed by atoms with van der Waals surface area (Å²) in [6.45, 7) is 12.0. The molecule has 1 unspecified atom stereocenters. The van der Waals surface area contributed by atoms with E-state index in [1.54, 1.807) is 0 Å². The summed E-state index contributed by atoms with van der Waals surface area (Å²) in [5.41, 5.74) is 0. The van der Waals surface area contributed by atoms with Gasteiger partial charge in [0.15, 0.2) is 0 Å². The van der Waals surface area contributed by atoms with Crippen molar-refractivity contribution < 1.29 is 0 Å². The molecule has 70 valence electrons. The standard InChI is InChI=1S/C9H19N.CHN/c1-3-5-9-6-7-10(4-2)8-9;1-2/h9H,3-8H2,1-2H3;1H. The molecule has 0 aromatic rings. The molecular weight excluding hydrogens is 148 g/mol. The van der Waals surface area contributed by atoms with Gasteiger partial charge in [-0.3, -0.25) is 0 Å². The van der Waals surface area contributed by atoms with Crippen LogP contribution in [0.2, 0.25) is 0 Å². The highest BCUT2D eigenvalue weighted by molar-refractivity contribution is 4.73. The zero-order valence-electron chi connectivity index (χ0n) is 8.29. The van der Waals surface area contributed by atoms with Crippen LogP contribution in [-0.2, 0) is 0 Å². The van der Waals surface area contributed by atoms with Crippen molar-refractivity contribution in [2.75, 3.05) is 19.6 Å². The fourth-order valence-electron chi connectivity index (χ4n) is 1.84. The molecule has 1 aliphatic rings. The van der Waals surface area contributed by atoms with E-state index in [-0.39, 0.29) is 0 Å². The second-order valence-corrected chi connectivity index (χ2v) is 3.34. The van der Waals surface area contributed by atoms with Crippen LogP contribution in [0.15, 0.2) is 0 Å². The Morgan fingerprint density at radius 3 is 2.50 bits per heavy atom. The molecule has 0 amide bonds. The normalized spacial score (nSPS) is 23.2. The predicted molar refractivity (Wildman–Crippen MR) is 51.8 cm³/mol. The lowest BCUT2D eigenvalue weighted by Gasteiger charge is -2.11. The molecule has 0 radical (unpaired) electrons. The highest BCUT2D eigenvalue weighted by Crippen LogP contribution is 2.19. The van der Waals surface area contributed by atoms with Crippen LogP contribution in [0.1, 0.15) is 33.1 Å². The topological polar surface area (TPSA) is 27.0 Å². The van der Waals surface area contributed by atoms with E-state index in [4.69, 9.17) is 5.26 Å². The highest BCUT2D eigenvalue weighted by Gasteiger charge is 2.19. The number of hydrogen-bond donors (Lipinski definition) is 0. The lowest BCUT2D eigenvalue weighted by atomic mass is 10.0. The second-order valence-electron chi connectivity index (χ2n) is 3.34. The Morgan fingerprint density at radius 2 is 2.08 bits per heavy atom. The van der Waals surface area contributed by atoms with E-state index in [0.29, 0.717) is 0 Å². The Bertz CT molecular complexity index is 120. The zero-order chi connectivity index (χ0) is 9.40. The van der Waals surface area contributed by atoms with E-state index < -0.39 is 0 Å². The summed E-state index contributed by atoms with van der Waals surface area (Å²) < 4.78 is 0. The number of rotatable bonds is 3. The first-order chi connectivity index (χ1) is 5.86. The molecule has 1 saturated heterocycles. The van der Waals surface area contributed by atoms with Crippen LogP contribution in [0.4, 0.5) is 0 Å². The summed E-state index contributed by atoms with van der Waals surface area (Å²) in [5, 5.41) is 6.50. The predicted octanol–water partition coefficient (Wildman–Crippen LogP) is 2.27. The quantitative estimate of drug-likeness (QED) is 0.646. The third kappa shape index (κ3) is 3.73. The molecule has 0 saturated carbocycles. The molecule has 1 atom stereocenters. The maximum Gasteiger partial charge on any atom is 0.0462 e. The molecule has 1 aliphatic heterocycles. The van der Waals surface area contributed by atoms with Gasteiger partial charge in [0, 0.05) is 13.1 Å². The van der Waals surface area contributed by atoms with Gasteiger partial charge in [0.2, 0.25) is 0 Å². The minimum absolute atomic E-state index is 1.02. The first-order valence-corrected chi connectivity index (χ1v) is 4.85. The molecule has 2 heteroatoms. The molecule has 0 aromatic carbocycles. The van der Waals surface area contributed by atoms with Gasteiger partial charge in [-0.2, -0.15) is 0 Å². The molecule has 1 heterocycles. The molecule has 0 bridgehead atoms. The first-order valence-electron chi connectivity index (χ1n) is 4.85. The van der Waals surface area contributed by atoms with Gasteiger partial charge >= 0.3 is 0 Å². The van der Waals surface area contributed by atoms with Gasteiger partial charge in [0.1, 0.15) is 0 Å². The van der Waals surface area contributed by atoms with Gasteiger partial charge < -0.3 is 4.90 Å². The highest BCUT2D eigenvalue weighted by atomic mass is 15.1. The Morgan fingerprint density at radius 1 is 1.42 bits per heavy atom. The van der Waals surface area contributed by atoms with Gasteiger partial charge in [-0.05, 0) is 31.8 Å². The third-order valence-corrected chi connectivity index (χ3v) is 2.51. The van der Waals surface area contributed by atoms with Gasteiger partial charge in [0.05, 0.1) is 0 Å². The summed E-state index contributed by atoms with van der Waals surface area (Å²) in [7, 11) is 0. The monoisotopic (exact) mass is 168 g/mol. The number of nitriles is 1. The van der Waals surface area contributed by atoms with Crippen LogP contribution >= 0.6 is 0 Å². The van der Waals surface area contributed by atoms with E-state index in [2.05, 4.69) is 25.3 Å². The third-order valence-electron chi connectivity index (χ3n) is 2.51. The first kappa shape index (κ1) is 11.4. The van der Waals surface area contributed by atoms with Crippen LogP contribution in [0.3, 0.4) is 0 Å². The average Bonchev–Trinajstić information content (AvgIpc) is 2.57. The molecule has 2 nitrogen and oxygen atoms in total. The minimum Gasteiger partial charge on any atom is -0.303 e. The Hall–Kier alpha value is -0.550. The number of hydrogen-bond acceptors (Lipinski definition) is 2. The van der Waals surface area contributed by atoms with E-state index in [1.165, 1.54) is 38.9 Å². The summed E-state index contributed by atoms with van der Waals surface area (Å²) in [6, 6.07) is 0. The molecule has 0 aliphatic carbocycles. The van der Waals surface area contributed by atoms with E-state index >= 15 is 0 Å². The molecular formula is C10H20N2. The van der Waals surface area contributed by atoms with Crippen LogP contribution in [-0.4, -0.2) is 24.5 Å². The van der Waals surface area contributed by atoms with E-state index in [9.17, 15) is 0 Å². The van der Waals surface area contributed by atoms with Crippen molar-refractivity contribution in [3.8, 4) is 6.57 Å². The molecule has 0 spiro atoms. The van der Waals surface area contributed by atoms with Crippen molar-refractivity contribution in [2.24, 2.45) is 5.92 Å². The SMILES string of the molecule is C#N.CCCC1CCN(CC)C1. The number of nitrogens with zero attached hydrogens (tertiary/aromatic N) is 2. The average molecular weight is 168 g/mol. The van der Waals surface area contributed by atoms with Crippen LogP contribution in [0.25, 0.3) is 0 Å². The van der Waals surface area contributed by atoms with Crippen LogP contribution < -0.4 is 0 Å². The van der Waals surface area contributed by atoms with E-state index in [1.807, 2.05) is 0 Å². The smallest absolute Gasteiger partial charge is 0.0462 e. The summed E-state index contributed by atoms with van der Waals surface area (Å²) in [6.07, 6.45) is 4.25. The summed E-state index contributed by atoms with van der Waals surface area (Å²) >= 11 is 0. The maximum atomic E-state index is 6.50. The van der Waals surface area contributed by atoms with Gasteiger partial charge in [-0.1, -0.05) is 20.3 Å².